The molecular weight excluding hydrogens is 238 g/mol. The van der Waals surface area contributed by atoms with Crippen LogP contribution in [-0.2, 0) is 0 Å². The highest BCUT2D eigenvalue weighted by molar-refractivity contribution is 5.35. The third-order valence-electron chi connectivity index (χ3n) is 3.91. The van der Waals surface area contributed by atoms with Gasteiger partial charge >= 0.3 is 0 Å². The van der Waals surface area contributed by atoms with Gasteiger partial charge in [0.15, 0.2) is 0 Å². The summed E-state index contributed by atoms with van der Waals surface area (Å²) < 4.78 is 5.38. The lowest BCUT2D eigenvalue weighted by Crippen LogP contribution is -2.48. The SMILES string of the molecule is CCN1CCN(CC(N)c2ccccc2OC)CC1. The van der Waals surface area contributed by atoms with Crippen LogP contribution in [0.15, 0.2) is 24.3 Å². The van der Waals surface area contributed by atoms with Crippen molar-refractivity contribution in [1.82, 2.24) is 9.80 Å². The highest BCUT2D eigenvalue weighted by atomic mass is 16.5. The van der Waals surface area contributed by atoms with Crippen LogP contribution in [0.1, 0.15) is 18.5 Å². The number of rotatable bonds is 5. The molecule has 1 fully saturated rings. The molecule has 1 aliphatic heterocycles. The van der Waals surface area contributed by atoms with Crippen molar-refractivity contribution in [2.45, 2.75) is 13.0 Å². The topological polar surface area (TPSA) is 41.7 Å². The van der Waals surface area contributed by atoms with Crippen LogP contribution >= 0.6 is 0 Å². The van der Waals surface area contributed by atoms with Gasteiger partial charge in [0.05, 0.1) is 7.11 Å². The molecule has 0 aromatic heterocycles. The summed E-state index contributed by atoms with van der Waals surface area (Å²) in [7, 11) is 1.70. The van der Waals surface area contributed by atoms with Crippen LogP contribution in [0.5, 0.6) is 5.75 Å². The Kier molecular flexibility index (Phi) is 5.19. The molecular formula is C15H25N3O. The Hall–Kier alpha value is -1.10. The lowest BCUT2D eigenvalue weighted by atomic mass is 10.1. The van der Waals surface area contributed by atoms with Gasteiger partial charge in [-0.25, -0.2) is 0 Å². The standard InChI is InChI=1S/C15H25N3O/c1-3-17-8-10-18(11-9-17)12-14(16)13-6-4-5-7-15(13)19-2/h4-7,14H,3,8-12,16H2,1-2H3. The first-order valence-electron chi connectivity index (χ1n) is 7.07. The van der Waals surface area contributed by atoms with Crippen LogP contribution < -0.4 is 10.5 Å². The van der Waals surface area contributed by atoms with Crippen LogP contribution in [0.2, 0.25) is 0 Å². The Morgan fingerprint density at radius 3 is 2.42 bits per heavy atom. The molecule has 19 heavy (non-hydrogen) atoms. The first kappa shape index (κ1) is 14.3. The van der Waals surface area contributed by atoms with E-state index in [0.29, 0.717) is 0 Å². The average molecular weight is 263 g/mol. The van der Waals surface area contributed by atoms with E-state index in [2.05, 4.69) is 22.8 Å². The lowest BCUT2D eigenvalue weighted by molar-refractivity contribution is 0.131. The van der Waals surface area contributed by atoms with Gasteiger partial charge in [0.25, 0.3) is 0 Å². The normalized spacial score (nSPS) is 19.3. The zero-order valence-electron chi connectivity index (χ0n) is 12.0. The quantitative estimate of drug-likeness (QED) is 0.870. The Morgan fingerprint density at radius 2 is 1.79 bits per heavy atom. The number of methoxy groups -OCH3 is 1. The molecule has 106 valence electrons. The van der Waals surface area contributed by atoms with E-state index in [-0.39, 0.29) is 6.04 Å². The fourth-order valence-electron chi connectivity index (χ4n) is 2.64. The van der Waals surface area contributed by atoms with Crippen molar-refractivity contribution in [1.29, 1.82) is 0 Å². The molecule has 0 amide bonds. The fourth-order valence-corrected chi connectivity index (χ4v) is 2.64. The van der Waals surface area contributed by atoms with Gasteiger partial charge in [-0.05, 0) is 12.6 Å². The largest absolute Gasteiger partial charge is 0.496 e. The number of hydrogen-bond donors (Lipinski definition) is 1. The molecule has 0 bridgehead atoms. The van der Waals surface area contributed by atoms with E-state index in [0.717, 1.165) is 50.6 Å². The number of hydrogen-bond acceptors (Lipinski definition) is 4. The minimum absolute atomic E-state index is 0.0179. The van der Waals surface area contributed by atoms with Crippen molar-refractivity contribution in [3.63, 3.8) is 0 Å². The maximum absolute atomic E-state index is 6.33. The average Bonchev–Trinajstić information content (AvgIpc) is 2.48. The molecule has 1 heterocycles. The minimum atomic E-state index is 0.0179. The molecule has 1 aromatic rings. The highest BCUT2D eigenvalue weighted by Crippen LogP contribution is 2.24. The summed E-state index contributed by atoms with van der Waals surface area (Å²) in [6, 6.07) is 8.06. The predicted molar refractivity (Wildman–Crippen MR) is 78.5 cm³/mol. The monoisotopic (exact) mass is 263 g/mol. The van der Waals surface area contributed by atoms with E-state index in [1.165, 1.54) is 0 Å². The van der Waals surface area contributed by atoms with Gasteiger partial charge in [-0.1, -0.05) is 25.1 Å². The Bertz CT molecular complexity index is 389. The molecule has 0 saturated carbocycles. The molecule has 2 rings (SSSR count). The summed E-state index contributed by atoms with van der Waals surface area (Å²) in [5.41, 5.74) is 7.43. The van der Waals surface area contributed by atoms with E-state index >= 15 is 0 Å². The van der Waals surface area contributed by atoms with Crippen molar-refractivity contribution < 1.29 is 4.74 Å². The van der Waals surface area contributed by atoms with Crippen LogP contribution in [0.25, 0.3) is 0 Å². The number of benzene rings is 1. The van der Waals surface area contributed by atoms with Crippen LogP contribution in [-0.4, -0.2) is 56.2 Å². The van der Waals surface area contributed by atoms with Gasteiger partial charge < -0.3 is 15.4 Å². The second-order valence-corrected chi connectivity index (χ2v) is 5.08. The zero-order valence-corrected chi connectivity index (χ0v) is 12.0. The van der Waals surface area contributed by atoms with Gasteiger partial charge in [0.1, 0.15) is 5.75 Å². The molecule has 0 aliphatic carbocycles. The first-order chi connectivity index (χ1) is 9.24. The minimum Gasteiger partial charge on any atom is -0.496 e. The number of likely N-dealkylation sites (N-methyl/N-ethyl adjacent to an activating group) is 1. The fraction of sp³-hybridized carbons (Fsp3) is 0.600. The Labute approximate surface area is 116 Å². The molecule has 0 radical (unpaired) electrons. The smallest absolute Gasteiger partial charge is 0.123 e. The molecule has 0 spiro atoms. The molecule has 1 unspecified atom stereocenters. The molecule has 1 saturated heterocycles. The zero-order chi connectivity index (χ0) is 13.7. The molecule has 2 N–H and O–H groups in total. The van der Waals surface area contributed by atoms with E-state index in [1.54, 1.807) is 7.11 Å². The lowest BCUT2D eigenvalue weighted by Gasteiger charge is -2.35. The maximum Gasteiger partial charge on any atom is 0.123 e. The van der Waals surface area contributed by atoms with Gasteiger partial charge in [0.2, 0.25) is 0 Å². The van der Waals surface area contributed by atoms with Crippen LogP contribution in [0.4, 0.5) is 0 Å². The highest BCUT2D eigenvalue weighted by Gasteiger charge is 2.19. The van der Waals surface area contributed by atoms with Gasteiger partial charge in [-0.3, -0.25) is 4.90 Å². The van der Waals surface area contributed by atoms with Crippen molar-refractivity contribution >= 4 is 0 Å². The summed E-state index contributed by atoms with van der Waals surface area (Å²) in [4.78, 5) is 4.92. The van der Waals surface area contributed by atoms with Crippen LogP contribution in [0.3, 0.4) is 0 Å². The van der Waals surface area contributed by atoms with Crippen molar-refractivity contribution in [3.8, 4) is 5.75 Å². The molecule has 4 heteroatoms. The second-order valence-electron chi connectivity index (χ2n) is 5.08. The Balaban J connectivity index is 1.92. The van der Waals surface area contributed by atoms with Crippen molar-refractivity contribution in [2.75, 3.05) is 46.4 Å². The maximum atomic E-state index is 6.33. The van der Waals surface area contributed by atoms with E-state index < -0.39 is 0 Å². The van der Waals surface area contributed by atoms with Gasteiger partial charge in [0, 0.05) is 44.3 Å². The summed E-state index contributed by atoms with van der Waals surface area (Å²) in [5.74, 6) is 0.891. The number of nitrogens with zero attached hydrogens (tertiary/aromatic N) is 2. The molecule has 1 aliphatic rings. The molecule has 1 aromatic carbocycles. The van der Waals surface area contributed by atoms with Crippen molar-refractivity contribution in [2.24, 2.45) is 5.73 Å². The van der Waals surface area contributed by atoms with Gasteiger partial charge in [-0.2, -0.15) is 0 Å². The summed E-state index contributed by atoms with van der Waals surface area (Å²) in [6.45, 7) is 8.78. The van der Waals surface area contributed by atoms with Crippen LogP contribution in [0, 0.1) is 0 Å². The third kappa shape index (κ3) is 3.69. The van der Waals surface area contributed by atoms with Gasteiger partial charge in [-0.15, -0.1) is 0 Å². The number of piperazine rings is 1. The number of para-hydroxylation sites is 1. The second kappa shape index (κ2) is 6.89. The summed E-state index contributed by atoms with van der Waals surface area (Å²) in [5, 5.41) is 0. The van der Waals surface area contributed by atoms with E-state index in [4.69, 9.17) is 10.5 Å². The summed E-state index contributed by atoms with van der Waals surface area (Å²) >= 11 is 0. The number of ether oxygens (including phenoxy) is 1. The number of nitrogens with two attached hydrogens (primary N) is 1. The van der Waals surface area contributed by atoms with Crippen molar-refractivity contribution in [3.05, 3.63) is 29.8 Å². The summed E-state index contributed by atoms with van der Waals surface area (Å²) in [6.07, 6.45) is 0. The third-order valence-corrected chi connectivity index (χ3v) is 3.91. The molecule has 4 nitrogen and oxygen atoms in total. The Morgan fingerprint density at radius 1 is 1.16 bits per heavy atom. The van der Waals surface area contributed by atoms with E-state index in [9.17, 15) is 0 Å². The van der Waals surface area contributed by atoms with E-state index in [1.807, 2.05) is 18.2 Å². The predicted octanol–water partition coefficient (Wildman–Crippen LogP) is 1.33. The first-order valence-corrected chi connectivity index (χ1v) is 7.07. The molecule has 1 atom stereocenters.